The molecule has 0 aliphatic carbocycles. The zero-order chi connectivity index (χ0) is 18.0. The van der Waals surface area contributed by atoms with Crippen LogP contribution in [-0.2, 0) is 6.42 Å². The number of benzene rings is 1. The van der Waals surface area contributed by atoms with Gasteiger partial charge in [0.1, 0.15) is 5.69 Å². The third kappa shape index (κ3) is 3.43. The number of halogens is 2. The summed E-state index contributed by atoms with van der Waals surface area (Å²) in [5.41, 5.74) is 2.21. The molecular weight excluding hydrogens is 361 g/mol. The van der Waals surface area contributed by atoms with E-state index in [1.807, 2.05) is 26.0 Å². The molecule has 0 radical (unpaired) electrons. The van der Waals surface area contributed by atoms with Crippen molar-refractivity contribution in [2.75, 3.05) is 11.9 Å². The molecule has 1 aromatic carbocycles. The highest BCUT2D eigenvalue weighted by atomic mass is 35.5. The molecule has 0 saturated carbocycles. The maximum Gasteiger partial charge on any atom is 0.274 e. The first-order valence-electron chi connectivity index (χ1n) is 7.94. The van der Waals surface area contributed by atoms with Crippen LogP contribution in [0, 0.1) is 0 Å². The van der Waals surface area contributed by atoms with E-state index in [1.165, 1.54) is 0 Å². The van der Waals surface area contributed by atoms with Crippen molar-refractivity contribution in [3.05, 3.63) is 58.0 Å². The Hall–Kier alpha value is -2.24. The van der Waals surface area contributed by atoms with E-state index >= 15 is 0 Å². The van der Waals surface area contributed by atoms with E-state index in [4.69, 9.17) is 27.9 Å². The molecule has 2 heterocycles. The fraction of sp³-hybridized carbons (Fsp3) is 0.222. The molecule has 0 saturated heterocycles. The second kappa shape index (κ2) is 7.33. The van der Waals surface area contributed by atoms with Gasteiger partial charge in [0.15, 0.2) is 11.4 Å². The van der Waals surface area contributed by atoms with Crippen molar-refractivity contribution in [1.82, 2.24) is 9.38 Å². The summed E-state index contributed by atoms with van der Waals surface area (Å²) in [6, 6.07) is 8.58. The molecule has 0 atom stereocenters. The molecule has 3 rings (SSSR count). The predicted molar refractivity (Wildman–Crippen MR) is 100 cm³/mol. The quantitative estimate of drug-likeness (QED) is 0.690. The molecule has 5 nitrogen and oxygen atoms in total. The van der Waals surface area contributed by atoms with Gasteiger partial charge in [0, 0.05) is 11.2 Å². The van der Waals surface area contributed by atoms with E-state index in [0.717, 1.165) is 0 Å². The van der Waals surface area contributed by atoms with Crippen LogP contribution < -0.4 is 10.1 Å². The predicted octanol–water partition coefficient (Wildman–Crippen LogP) is 4.85. The summed E-state index contributed by atoms with van der Waals surface area (Å²) in [4.78, 5) is 17.5. The van der Waals surface area contributed by atoms with Crippen molar-refractivity contribution in [2.45, 2.75) is 20.3 Å². The normalized spacial score (nSPS) is 10.9. The van der Waals surface area contributed by atoms with Crippen LogP contribution in [0.5, 0.6) is 5.75 Å². The highest BCUT2D eigenvalue weighted by Crippen LogP contribution is 2.27. The summed E-state index contributed by atoms with van der Waals surface area (Å²) >= 11 is 12.1. The largest absolute Gasteiger partial charge is 0.490 e. The fourth-order valence-electron chi connectivity index (χ4n) is 2.62. The third-order valence-electron chi connectivity index (χ3n) is 3.71. The van der Waals surface area contributed by atoms with Crippen molar-refractivity contribution in [2.24, 2.45) is 0 Å². The number of ether oxygens (including phenoxy) is 1. The Labute approximate surface area is 155 Å². The lowest BCUT2D eigenvalue weighted by Gasteiger charge is -2.09. The van der Waals surface area contributed by atoms with Gasteiger partial charge in [0.25, 0.3) is 5.91 Å². The van der Waals surface area contributed by atoms with E-state index in [1.54, 1.807) is 28.8 Å². The maximum atomic E-state index is 12.9. The number of carbonyl (C=O) groups is 1. The zero-order valence-corrected chi connectivity index (χ0v) is 15.4. The molecule has 0 spiro atoms. The van der Waals surface area contributed by atoms with Gasteiger partial charge in [-0.25, -0.2) is 4.98 Å². The second-order valence-corrected chi connectivity index (χ2v) is 6.18. The number of fused-ring (bicyclic) bond motifs is 1. The van der Waals surface area contributed by atoms with E-state index in [-0.39, 0.29) is 5.91 Å². The average Bonchev–Trinajstić information content (AvgIpc) is 2.98. The standard InChI is InChI=1S/C18H17Cl2N3O2/c1-3-13-16(18(24)22-14-10-11(19)7-8-12(14)20)23-9-5-6-15(25-4-2)17(23)21-13/h5-10H,3-4H2,1-2H3,(H,22,24). The van der Waals surface area contributed by atoms with Crippen LogP contribution in [-0.4, -0.2) is 21.9 Å². The number of aryl methyl sites for hydroxylation is 1. The van der Waals surface area contributed by atoms with Gasteiger partial charge in [-0.05, 0) is 43.7 Å². The van der Waals surface area contributed by atoms with Crippen LogP contribution >= 0.6 is 23.2 Å². The number of pyridine rings is 1. The first kappa shape index (κ1) is 17.6. The van der Waals surface area contributed by atoms with Crippen molar-refractivity contribution < 1.29 is 9.53 Å². The Morgan fingerprint density at radius 3 is 2.80 bits per heavy atom. The summed E-state index contributed by atoms with van der Waals surface area (Å²) in [6.45, 7) is 4.38. The monoisotopic (exact) mass is 377 g/mol. The lowest BCUT2D eigenvalue weighted by molar-refractivity contribution is 0.102. The summed E-state index contributed by atoms with van der Waals surface area (Å²) in [6.07, 6.45) is 2.40. The molecule has 25 heavy (non-hydrogen) atoms. The minimum Gasteiger partial charge on any atom is -0.490 e. The van der Waals surface area contributed by atoms with Gasteiger partial charge >= 0.3 is 0 Å². The van der Waals surface area contributed by atoms with Crippen molar-refractivity contribution >= 4 is 40.4 Å². The highest BCUT2D eigenvalue weighted by molar-refractivity contribution is 6.35. The first-order chi connectivity index (χ1) is 12.0. The van der Waals surface area contributed by atoms with Crippen LogP contribution in [0.4, 0.5) is 5.69 Å². The van der Waals surface area contributed by atoms with Gasteiger partial charge in [-0.2, -0.15) is 0 Å². The lowest BCUT2D eigenvalue weighted by Crippen LogP contribution is -2.16. The van der Waals surface area contributed by atoms with E-state index in [9.17, 15) is 4.79 Å². The molecule has 0 bridgehead atoms. The molecule has 2 aromatic heterocycles. The van der Waals surface area contributed by atoms with E-state index in [2.05, 4.69) is 10.3 Å². The van der Waals surface area contributed by atoms with Crippen LogP contribution in [0.3, 0.4) is 0 Å². The Balaban J connectivity index is 2.06. The molecule has 130 valence electrons. The molecule has 0 aliphatic heterocycles. The number of nitrogens with one attached hydrogen (secondary N) is 1. The number of anilines is 1. The van der Waals surface area contributed by atoms with Gasteiger partial charge in [-0.1, -0.05) is 30.1 Å². The third-order valence-corrected chi connectivity index (χ3v) is 4.28. The SMILES string of the molecule is CCOc1cccn2c(C(=O)Nc3cc(Cl)ccc3Cl)c(CC)nc12. The molecule has 7 heteroatoms. The fourth-order valence-corrected chi connectivity index (χ4v) is 2.96. The molecule has 1 amide bonds. The van der Waals surface area contributed by atoms with Gasteiger partial charge in [0.2, 0.25) is 0 Å². The lowest BCUT2D eigenvalue weighted by atomic mass is 10.2. The Morgan fingerprint density at radius 2 is 2.08 bits per heavy atom. The van der Waals surface area contributed by atoms with Crippen molar-refractivity contribution in [1.29, 1.82) is 0 Å². The molecule has 1 N–H and O–H groups in total. The van der Waals surface area contributed by atoms with Gasteiger partial charge < -0.3 is 10.1 Å². The number of aromatic nitrogens is 2. The van der Waals surface area contributed by atoms with Crippen LogP contribution in [0.2, 0.25) is 10.0 Å². The number of imidazole rings is 1. The van der Waals surface area contributed by atoms with Gasteiger partial charge in [0.05, 0.1) is 23.0 Å². The molecular formula is C18H17Cl2N3O2. The molecule has 0 fully saturated rings. The summed E-state index contributed by atoms with van der Waals surface area (Å²) in [7, 11) is 0. The minimum atomic E-state index is -0.304. The number of amides is 1. The van der Waals surface area contributed by atoms with Crippen LogP contribution in [0.15, 0.2) is 36.5 Å². The summed E-state index contributed by atoms with van der Waals surface area (Å²) in [5.74, 6) is 0.335. The number of nitrogens with zero attached hydrogens (tertiary/aromatic N) is 2. The summed E-state index contributed by atoms with van der Waals surface area (Å²) < 4.78 is 7.34. The van der Waals surface area contributed by atoms with Crippen molar-refractivity contribution in [3.63, 3.8) is 0 Å². The van der Waals surface area contributed by atoms with E-state index in [0.29, 0.717) is 51.5 Å². The van der Waals surface area contributed by atoms with Crippen LogP contribution in [0.1, 0.15) is 30.0 Å². The topological polar surface area (TPSA) is 55.6 Å². The van der Waals surface area contributed by atoms with Gasteiger partial charge in [-0.3, -0.25) is 9.20 Å². The molecule has 3 aromatic rings. The zero-order valence-electron chi connectivity index (χ0n) is 13.8. The first-order valence-corrected chi connectivity index (χ1v) is 8.69. The van der Waals surface area contributed by atoms with Gasteiger partial charge in [-0.15, -0.1) is 0 Å². The number of rotatable bonds is 5. The Morgan fingerprint density at radius 1 is 1.28 bits per heavy atom. The maximum absolute atomic E-state index is 12.9. The summed E-state index contributed by atoms with van der Waals surface area (Å²) in [5, 5.41) is 3.72. The van der Waals surface area contributed by atoms with E-state index < -0.39 is 0 Å². The number of hydrogen-bond donors (Lipinski definition) is 1. The average molecular weight is 378 g/mol. The Kier molecular flexibility index (Phi) is 5.16. The minimum absolute atomic E-state index is 0.304. The second-order valence-electron chi connectivity index (χ2n) is 5.34. The Bertz CT molecular complexity index is 937. The number of hydrogen-bond acceptors (Lipinski definition) is 3. The van der Waals surface area contributed by atoms with Crippen molar-refractivity contribution in [3.8, 4) is 5.75 Å². The smallest absolute Gasteiger partial charge is 0.274 e. The molecule has 0 unspecified atom stereocenters. The highest BCUT2D eigenvalue weighted by Gasteiger charge is 2.21. The molecule has 0 aliphatic rings. The van der Waals surface area contributed by atoms with Crippen LogP contribution in [0.25, 0.3) is 5.65 Å². The number of carbonyl (C=O) groups excluding carboxylic acids is 1.